The van der Waals surface area contributed by atoms with Crippen LogP contribution in [0, 0.1) is 0 Å². The summed E-state index contributed by atoms with van der Waals surface area (Å²) >= 11 is 0. The smallest absolute Gasteiger partial charge is 0.410 e. The second-order valence-electron chi connectivity index (χ2n) is 9.24. The molecule has 1 aliphatic heterocycles. The Morgan fingerprint density at radius 2 is 1.75 bits per heavy atom. The van der Waals surface area contributed by atoms with Gasteiger partial charge in [-0.15, -0.1) is 0 Å². The molecule has 2 aliphatic rings. The van der Waals surface area contributed by atoms with E-state index in [1.165, 1.54) is 19.2 Å². The van der Waals surface area contributed by atoms with Crippen molar-refractivity contribution in [2.24, 2.45) is 0 Å². The summed E-state index contributed by atoms with van der Waals surface area (Å²) in [6, 6.07) is 4.36. The minimum atomic E-state index is -0.479. The highest BCUT2D eigenvalue weighted by Crippen LogP contribution is 2.22. The van der Waals surface area contributed by atoms with Gasteiger partial charge < -0.3 is 25.2 Å². The summed E-state index contributed by atoms with van der Waals surface area (Å²) in [4.78, 5) is 33.6. The van der Waals surface area contributed by atoms with E-state index in [0.29, 0.717) is 36.8 Å². The Hall–Kier alpha value is -3.17. The summed E-state index contributed by atoms with van der Waals surface area (Å²) in [6.45, 7) is 8.35. The van der Waals surface area contributed by atoms with E-state index in [4.69, 9.17) is 4.74 Å². The number of rotatable bonds is 5. The number of nitrogens with zero attached hydrogens (tertiary/aromatic N) is 6. The zero-order valence-corrected chi connectivity index (χ0v) is 19.0. The second-order valence-corrected chi connectivity index (χ2v) is 9.24. The normalized spacial score (nSPS) is 17.3. The molecule has 0 aromatic carbocycles. The third kappa shape index (κ3) is 5.95. The van der Waals surface area contributed by atoms with Crippen LogP contribution in [0.3, 0.4) is 0 Å². The fraction of sp³-hybridized carbons (Fsp3) is 0.591. The lowest BCUT2D eigenvalue weighted by molar-refractivity contribution is 0.0240. The third-order valence-corrected chi connectivity index (χ3v) is 5.54. The molecule has 3 heterocycles. The third-order valence-electron chi connectivity index (χ3n) is 5.54. The zero-order chi connectivity index (χ0) is 22.6. The number of pyridine rings is 1. The predicted molar refractivity (Wildman–Crippen MR) is 123 cm³/mol. The monoisotopic (exact) mass is 440 g/mol. The van der Waals surface area contributed by atoms with Crippen LogP contribution in [0.4, 0.5) is 28.2 Å². The summed E-state index contributed by atoms with van der Waals surface area (Å²) in [5.41, 5.74) is 0.533. The molecule has 0 unspecified atom stereocenters. The molecule has 10 heteroatoms. The molecule has 10 nitrogen and oxygen atoms in total. The predicted octanol–water partition coefficient (Wildman–Crippen LogP) is 3.42. The van der Waals surface area contributed by atoms with Gasteiger partial charge in [-0.3, -0.25) is 0 Å². The molecule has 1 amide bonds. The van der Waals surface area contributed by atoms with Gasteiger partial charge in [0.15, 0.2) is 0 Å². The maximum Gasteiger partial charge on any atom is 0.410 e. The number of hydrogen-bond acceptors (Lipinski definition) is 9. The Balaban J connectivity index is 1.30. The largest absolute Gasteiger partial charge is 0.444 e. The summed E-state index contributed by atoms with van der Waals surface area (Å²) in [6.07, 6.45) is 7.89. The number of nitrogens with one attached hydrogen (secondary N) is 2. The van der Waals surface area contributed by atoms with Crippen molar-refractivity contribution in [3.05, 3.63) is 24.7 Å². The van der Waals surface area contributed by atoms with Gasteiger partial charge in [0.1, 0.15) is 17.7 Å². The van der Waals surface area contributed by atoms with Gasteiger partial charge in [-0.05, 0) is 45.7 Å². The first-order valence-electron chi connectivity index (χ1n) is 11.3. The van der Waals surface area contributed by atoms with Gasteiger partial charge in [0.25, 0.3) is 0 Å². The van der Waals surface area contributed by atoms with Crippen molar-refractivity contribution in [2.45, 2.75) is 58.1 Å². The molecular weight excluding hydrogens is 408 g/mol. The van der Waals surface area contributed by atoms with Gasteiger partial charge in [0, 0.05) is 32.2 Å². The molecule has 1 saturated carbocycles. The maximum absolute atomic E-state index is 12.2. The summed E-state index contributed by atoms with van der Waals surface area (Å²) in [5.74, 6) is 1.72. The first kappa shape index (κ1) is 22.0. The fourth-order valence-electron chi connectivity index (χ4n) is 3.91. The van der Waals surface area contributed by atoms with Gasteiger partial charge in [-0.1, -0.05) is 12.8 Å². The minimum Gasteiger partial charge on any atom is -0.444 e. The average molecular weight is 441 g/mol. The van der Waals surface area contributed by atoms with E-state index in [0.717, 1.165) is 31.6 Å². The van der Waals surface area contributed by atoms with Crippen LogP contribution in [0.15, 0.2) is 24.7 Å². The fourth-order valence-corrected chi connectivity index (χ4v) is 3.91. The van der Waals surface area contributed by atoms with E-state index in [-0.39, 0.29) is 6.09 Å². The zero-order valence-electron chi connectivity index (χ0n) is 19.0. The Morgan fingerprint density at radius 3 is 2.41 bits per heavy atom. The topological polar surface area (TPSA) is 108 Å². The lowest BCUT2D eigenvalue weighted by Gasteiger charge is -2.36. The highest BCUT2D eigenvalue weighted by molar-refractivity contribution is 5.68. The number of piperazine rings is 1. The lowest BCUT2D eigenvalue weighted by atomic mass is 10.2. The second kappa shape index (κ2) is 9.54. The molecular formula is C22H32N8O2. The van der Waals surface area contributed by atoms with Gasteiger partial charge in [0.05, 0.1) is 11.9 Å². The van der Waals surface area contributed by atoms with Crippen molar-refractivity contribution in [1.29, 1.82) is 0 Å². The van der Waals surface area contributed by atoms with Crippen molar-refractivity contribution in [3.63, 3.8) is 0 Å². The van der Waals surface area contributed by atoms with E-state index < -0.39 is 5.60 Å². The Kier molecular flexibility index (Phi) is 6.57. The van der Waals surface area contributed by atoms with Crippen molar-refractivity contribution in [3.8, 4) is 0 Å². The number of carbonyl (C=O) groups excluding carboxylic acids is 1. The van der Waals surface area contributed by atoms with E-state index in [2.05, 4.69) is 35.5 Å². The van der Waals surface area contributed by atoms with Crippen molar-refractivity contribution in [2.75, 3.05) is 41.7 Å². The Bertz CT molecular complexity index is 901. The molecule has 32 heavy (non-hydrogen) atoms. The summed E-state index contributed by atoms with van der Waals surface area (Å²) < 4.78 is 5.46. The Morgan fingerprint density at radius 1 is 1.03 bits per heavy atom. The quantitative estimate of drug-likeness (QED) is 0.723. The maximum atomic E-state index is 12.2. The molecule has 0 radical (unpaired) electrons. The van der Waals surface area contributed by atoms with E-state index in [1.54, 1.807) is 4.90 Å². The number of anilines is 4. The molecule has 2 fully saturated rings. The van der Waals surface area contributed by atoms with E-state index in [9.17, 15) is 4.79 Å². The number of carbonyl (C=O) groups is 1. The van der Waals surface area contributed by atoms with Gasteiger partial charge in [0.2, 0.25) is 11.9 Å². The number of ether oxygens (including phenoxy) is 1. The number of aromatic nitrogens is 4. The molecule has 1 aliphatic carbocycles. The van der Waals surface area contributed by atoms with Crippen LogP contribution in [0.5, 0.6) is 0 Å². The van der Waals surface area contributed by atoms with Crippen molar-refractivity contribution >= 4 is 29.5 Å². The molecule has 4 rings (SSSR count). The van der Waals surface area contributed by atoms with Crippen LogP contribution in [0.25, 0.3) is 0 Å². The molecule has 0 bridgehead atoms. The van der Waals surface area contributed by atoms with Crippen molar-refractivity contribution in [1.82, 2.24) is 24.8 Å². The average Bonchev–Trinajstić information content (AvgIpc) is 3.27. The van der Waals surface area contributed by atoms with Crippen LogP contribution in [0.2, 0.25) is 0 Å². The van der Waals surface area contributed by atoms with Gasteiger partial charge >= 0.3 is 6.09 Å². The van der Waals surface area contributed by atoms with E-state index in [1.807, 2.05) is 39.1 Å². The van der Waals surface area contributed by atoms with Crippen LogP contribution in [-0.2, 0) is 4.74 Å². The molecule has 2 N–H and O–H groups in total. The number of amides is 1. The van der Waals surface area contributed by atoms with Crippen LogP contribution in [-0.4, -0.2) is 68.8 Å². The van der Waals surface area contributed by atoms with Gasteiger partial charge in [-0.2, -0.15) is 4.98 Å². The molecule has 2 aromatic heterocycles. The first-order valence-corrected chi connectivity index (χ1v) is 11.3. The molecule has 0 atom stereocenters. The van der Waals surface area contributed by atoms with Crippen LogP contribution in [0.1, 0.15) is 46.5 Å². The van der Waals surface area contributed by atoms with Crippen LogP contribution >= 0.6 is 0 Å². The van der Waals surface area contributed by atoms with Gasteiger partial charge in [-0.25, -0.2) is 19.7 Å². The Labute approximate surface area is 188 Å². The first-order chi connectivity index (χ1) is 15.4. The molecule has 2 aromatic rings. The standard InChI is InChI=1S/C22H32N8O2/c1-22(2,3)32-21(31)30-12-10-29(11-13-30)17-8-9-18(23-14-17)27-20-25-15-24-19(28-20)26-16-6-4-5-7-16/h8-9,14-16H,4-7,10-13H2,1-3H3,(H2,23,24,25,26,27,28). The van der Waals surface area contributed by atoms with Crippen molar-refractivity contribution < 1.29 is 9.53 Å². The highest BCUT2D eigenvalue weighted by Gasteiger charge is 2.26. The number of hydrogen-bond donors (Lipinski definition) is 2. The molecule has 172 valence electrons. The van der Waals surface area contributed by atoms with E-state index >= 15 is 0 Å². The minimum absolute atomic E-state index is 0.256. The molecule has 0 spiro atoms. The highest BCUT2D eigenvalue weighted by atomic mass is 16.6. The SMILES string of the molecule is CC(C)(C)OC(=O)N1CCN(c2ccc(Nc3ncnc(NC4CCCC4)n3)nc2)CC1. The van der Waals surface area contributed by atoms with Crippen LogP contribution < -0.4 is 15.5 Å². The summed E-state index contributed by atoms with van der Waals surface area (Å²) in [7, 11) is 0. The molecule has 1 saturated heterocycles. The summed E-state index contributed by atoms with van der Waals surface area (Å²) in [5, 5.41) is 6.52. The lowest BCUT2D eigenvalue weighted by Crippen LogP contribution is -2.50.